The van der Waals surface area contributed by atoms with Gasteiger partial charge in [-0.2, -0.15) is 0 Å². The smallest absolute Gasteiger partial charge is 0.141 e. The molecule has 1 saturated heterocycles. The molecule has 1 fully saturated rings. The number of aliphatic hydroxyl groups excluding tert-OH is 1. The van der Waals surface area contributed by atoms with Crippen molar-refractivity contribution in [2.75, 3.05) is 51.7 Å². The van der Waals surface area contributed by atoms with E-state index in [2.05, 4.69) is 15.6 Å². The fourth-order valence-electron chi connectivity index (χ4n) is 3.47. The second kappa shape index (κ2) is 14.9. The molecule has 1 unspecified atom stereocenters. The zero-order valence-corrected chi connectivity index (χ0v) is 23.3. The Bertz CT molecular complexity index is 1090. The highest BCUT2D eigenvalue weighted by molar-refractivity contribution is 6.41. The summed E-state index contributed by atoms with van der Waals surface area (Å²) in [7, 11) is 4.92. The van der Waals surface area contributed by atoms with Crippen molar-refractivity contribution >= 4 is 45.6 Å². The van der Waals surface area contributed by atoms with Gasteiger partial charge in [-0.15, -0.1) is 0 Å². The number of methoxy groups -OCH3 is 2. The van der Waals surface area contributed by atoms with Crippen LogP contribution in [-0.2, 0) is 4.74 Å². The molecule has 36 heavy (non-hydrogen) atoms. The Labute approximate surface area is 223 Å². The van der Waals surface area contributed by atoms with Crippen molar-refractivity contribution in [2.45, 2.75) is 39.7 Å². The van der Waals surface area contributed by atoms with Crippen molar-refractivity contribution in [2.24, 2.45) is 0 Å². The summed E-state index contributed by atoms with van der Waals surface area (Å²) in [5.41, 5.74) is 1.13. The van der Waals surface area contributed by atoms with Crippen molar-refractivity contribution in [3.05, 3.63) is 34.4 Å². The van der Waals surface area contributed by atoms with Gasteiger partial charge in [-0.3, -0.25) is 0 Å². The van der Waals surface area contributed by atoms with Crippen molar-refractivity contribution in [1.82, 2.24) is 9.97 Å². The molecule has 0 spiro atoms. The summed E-state index contributed by atoms with van der Waals surface area (Å²) in [5, 5.41) is 17.0. The average molecular weight is 540 g/mol. The molecular weight excluding hydrogens is 503 g/mol. The molecule has 4 rings (SSSR count). The molecule has 8 nitrogen and oxygen atoms in total. The van der Waals surface area contributed by atoms with E-state index in [1.54, 1.807) is 26.5 Å². The van der Waals surface area contributed by atoms with E-state index in [1.165, 1.54) is 0 Å². The number of hydrogen-bond acceptors (Lipinski definition) is 8. The van der Waals surface area contributed by atoms with Gasteiger partial charge < -0.3 is 30.0 Å². The highest BCUT2D eigenvalue weighted by Gasteiger charge is 2.23. The molecule has 3 aromatic rings. The third-order valence-corrected chi connectivity index (χ3v) is 6.04. The van der Waals surface area contributed by atoms with E-state index in [0.717, 1.165) is 36.0 Å². The Morgan fingerprint density at radius 1 is 1.11 bits per heavy atom. The summed E-state index contributed by atoms with van der Waals surface area (Å²) in [5.74, 6) is 2.38. The predicted octanol–water partition coefficient (Wildman–Crippen LogP) is 6.28. The van der Waals surface area contributed by atoms with Gasteiger partial charge in [0.05, 0.1) is 42.6 Å². The van der Waals surface area contributed by atoms with Crippen LogP contribution in [0.3, 0.4) is 0 Å². The standard InChI is InChI=1S/C21H22Cl2N4O3.C3H8O.C2H6/c1-24-17-7-13-11(9-25-17)6-14(27-21(13)26-12-4-5-30-10-12)18-19(22)15(28-2)8-16(29-3)20(18)23;1-2-3-4;1-2/h6-9,12H,4-5,10H2,1-3H3,(H,24,25)(H,26,27);4H,2-3H2,1H3;1-2H3. The zero-order valence-electron chi connectivity index (χ0n) is 21.7. The van der Waals surface area contributed by atoms with Crippen LogP contribution in [0.5, 0.6) is 11.5 Å². The van der Waals surface area contributed by atoms with Gasteiger partial charge in [0.2, 0.25) is 0 Å². The average Bonchev–Trinajstić information content (AvgIpc) is 3.43. The number of aliphatic hydroxyl groups is 1. The quantitative estimate of drug-likeness (QED) is 0.323. The summed E-state index contributed by atoms with van der Waals surface area (Å²) in [6.07, 6.45) is 3.58. The minimum atomic E-state index is 0.174. The van der Waals surface area contributed by atoms with Gasteiger partial charge in [-0.25, -0.2) is 9.97 Å². The minimum Gasteiger partial charge on any atom is -0.495 e. The number of fused-ring (bicyclic) bond motifs is 1. The fraction of sp³-hybridized carbons (Fsp3) is 0.462. The molecule has 0 amide bonds. The lowest BCUT2D eigenvalue weighted by atomic mass is 10.1. The number of halogens is 2. The molecule has 2 aromatic heterocycles. The molecule has 0 radical (unpaired) electrons. The Kier molecular flexibility index (Phi) is 12.3. The number of nitrogens with one attached hydrogen (secondary N) is 2. The first-order valence-corrected chi connectivity index (χ1v) is 12.8. The number of benzene rings is 1. The molecule has 198 valence electrons. The highest BCUT2D eigenvalue weighted by atomic mass is 35.5. The van der Waals surface area contributed by atoms with Crippen molar-refractivity contribution in [3.8, 4) is 22.8 Å². The molecule has 1 aromatic carbocycles. The number of anilines is 2. The predicted molar refractivity (Wildman–Crippen MR) is 149 cm³/mol. The summed E-state index contributed by atoms with van der Waals surface area (Å²) >= 11 is 13.3. The van der Waals surface area contributed by atoms with E-state index < -0.39 is 0 Å². The molecule has 1 aliphatic heterocycles. The minimum absolute atomic E-state index is 0.174. The van der Waals surface area contributed by atoms with Crippen LogP contribution < -0.4 is 20.1 Å². The van der Waals surface area contributed by atoms with Crippen LogP contribution in [0.25, 0.3) is 22.0 Å². The van der Waals surface area contributed by atoms with Gasteiger partial charge in [-0.1, -0.05) is 44.0 Å². The number of aromatic nitrogens is 2. The zero-order chi connectivity index (χ0) is 26.7. The van der Waals surface area contributed by atoms with E-state index >= 15 is 0 Å². The van der Waals surface area contributed by atoms with Gasteiger partial charge in [0.25, 0.3) is 0 Å². The SMILES string of the molecule is CC.CCCO.CNc1cc2c(NC3CCOC3)nc(-c3c(Cl)c(OC)cc(OC)c3Cl)cc2cn1. The van der Waals surface area contributed by atoms with Gasteiger partial charge in [0, 0.05) is 48.9 Å². The van der Waals surface area contributed by atoms with Crippen molar-refractivity contribution in [1.29, 1.82) is 0 Å². The van der Waals surface area contributed by atoms with E-state index in [-0.39, 0.29) is 6.04 Å². The van der Waals surface area contributed by atoms with Gasteiger partial charge in [0.15, 0.2) is 0 Å². The van der Waals surface area contributed by atoms with E-state index in [4.69, 9.17) is 47.5 Å². The Balaban J connectivity index is 0.000000694. The number of hydrogen-bond donors (Lipinski definition) is 3. The van der Waals surface area contributed by atoms with Crippen LogP contribution in [0.1, 0.15) is 33.6 Å². The maximum absolute atomic E-state index is 7.88. The maximum Gasteiger partial charge on any atom is 0.141 e. The van der Waals surface area contributed by atoms with E-state index in [0.29, 0.717) is 51.8 Å². The van der Waals surface area contributed by atoms with Crippen molar-refractivity contribution in [3.63, 3.8) is 0 Å². The second-order valence-electron chi connectivity index (χ2n) is 7.61. The summed E-state index contributed by atoms with van der Waals surface area (Å²) in [4.78, 5) is 9.32. The van der Waals surface area contributed by atoms with Gasteiger partial charge in [0.1, 0.15) is 23.1 Å². The molecule has 0 bridgehead atoms. The third kappa shape index (κ3) is 7.03. The molecule has 0 saturated carbocycles. The van der Waals surface area contributed by atoms with Gasteiger partial charge in [-0.05, 0) is 25.0 Å². The maximum atomic E-state index is 7.88. The summed E-state index contributed by atoms with van der Waals surface area (Å²) < 4.78 is 16.3. The highest BCUT2D eigenvalue weighted by Crippen LogP contribution is 2.46. The van der Waals surface area contributed by atoms with Crippen LogP contribution in [-0.4, -0.2) is 62.2 Å². The Hall–Kier alpha value is -2.52. The number of pyridine rings is 2. The first kappa shape index (κ1) is 29.7. The first-order valence-electron chi connectivity index (χ1n) is 12.0. The lowest BCUT2D eigenvalue weighted by Crippen LogP contribution is -2.20. The van der Waals surface area contributed by atoms with Crippen LogP contribution in [0.2, 0.25) is 10.0 Å². The molecule has 1 atom stereocenters. The first-order chi connectivity index (χ1) is 17.5. The fourth-order valence-corrected chi connectivity index (χ4v) is 4.17. The molecular formula is C26H36Cl2N4O4. The molecule has 0 aliphatic carbocycles. The van der Waals surface area contributed by atoms with Crippen molar-refractivity contribution < 1.29 is 19.3 Å². The lowest BCUT2D eigenvalue weighted by Gasteiger charge is -2.18. The molecule has 1 aliphatic rings. The Morgan fingerprint density at radius 3 is 2.25 bits per heavy atom. The number of nitrogens with zero attached hydrogens (tertiary/aromatic N) is 2. The number of rotatable bonds is 7. The second-order valence-corrected chi connectivity index (χ2v) is 8.37. The topological polar surface area (TPSA) is 97.8 Å². The Morgan fingerprint density at radius 2 is 1.75 bits per heavy atom. The molecule has 10 heteroatoms. The normalized spacial score (nSPS) is 14.3. The third-order valence-electron chi connectivity index (χ3n) is 5.29. The lowest BCUT2D eigenvalue weighted by molar-refractivity contribution is 0.195. The van der Waals surface area contributed by atoms with Crippen LogP contribution in [0.4, 0.5) is 11.6 Å². The van der Waals surface area contributed by atoms with Crippen LogP contribution in [0.15, 0.2) is 24.4 Å². The summed E-state index contributed by atoms with van der Waals surface area (Å²) in [6.45, 7) is 7.61. The largest absolute Gasteiger partial charge is 0.495 e. The molecule has 3 N–H and O–H groups in total. The monoisotopic (exact) mass is 538 g/mol. The van der Waals surface area contributed by atoms with Crippen LogP contribution >= 0.6 is 23.2 Å². The van der Waals surface area contributed by atoms with Gasteiger partial charge >= 0.3 is 0 Å². The van der Waals surface area contributed by atoms with Crippen LogP contribution in [0, 0.1) is 0 Å². The summed E-state index contributed by atoms with van der Waals surface area (Å²) in [6, 6.07) is 5.70. The van der Waals surface area contributed by atoms with E-state index in [9.17, 15) is 0 Å². The van der Waals surface area contributed by atoms with E-state index in [1.807, 2.05) is 40.0 Å². The molecule has 3 heterocycles. The number of ether oxygens (including phenoxy) is 3.